The molecule has 0 amide bonds. The van der Waals surface area contributed by atoms with Gasteiger partial charge in [0.1, 0.15) is 0 Å². The molecule has 1 aromatic carbocycles. The average Bonchev–Trinajstić information content (AvgIpc) is 2.42. The van der Waals surface area contributed by atoms with Crippen molar-refractivity contribution in [1.82, 2.24) is 10.2 Å². The lowest BCUT2D eigenvalue weighted by Gasteiger charge is -2.40. The second-order valence-electron chi connectivity index (χ2n) is 6.50. The van der Waals surface area contributed by atoms with Crippen LogP contribution in [0, 0.1) is 0 Å². The summed E-state index contributed by atoms with van der Waals surface area (Å²) < 4.78 is 0. The smallest absolute Gasteiger partial charge is 0.0237 e. The maximum absolute atomic E-state index is 5.49. The van der Waals surface area contributed by atoms with E-state index in [9.17, 15) is 0 Å². The van der Waals surface area contributed by atoms with Gasteiger partial charge in [0.15, 0.2) is 0 Å². The van der Waals surface area contributed by atoms with Crippen LogP contribution in [0.1, 0.15) is 37.8 Å². The second-order valence-corrected chi connectivity index (χ2v) is 6.50. The Morgan fingerprint density at radius 1 is 1.20 bits per heavy atom. The number of rotatable bonds is 7. The monoisotopic (exact) mass is 275 g/mol. The predicted molar refractivity (Wildman–Crippen MR) is 85.9 cm³/mol. The molecule has 20 heavy (non-hydrogen) atoms. The lowest BCUT2D eigenvalue weighted by atomic mass is 9.78. The van der Waals surface area contributed by atoms with Gasteiger partial charge in [0.05, 0.1) is 0 Å². The zero-order valence-corrected chi connectivity index (χ0v) is 13.0. The molecule has 0 spiro atoms. The largest absolute Gasteiger partial charge is 0.330 e. The molecular formula is C17H29N3. The first-order valence-corrected chi connectivity index (χ1v) is 7.85. The quantitative estimate of drug-likeness (QED) is 0.749. The molecular weight excluding hydrogens is 246 g/mol. The van der Waals surface area contributed by atoms with Gasteiger partial charge in [-0.1, -0.05) is 38.1 Å². The van der Waals surface area contributed by atoms with Crippen LogP contribution in [0.25, 0.3) is 0 Å². The fourth-order valence-corrected chi connectivity index (χ4v) is 3.20. The van der Waals surface area contributed by atoms with Crippen LogP contribution in [0.4, 0.5) is 0 Å². The SMILES string of the molecule is CC1(C)CN(CCCNCCCN)Cc2ccccc21. The summed E-state index contributed by atoms with van der Waals surface area (Å²) >= 11 is 0. The van der Waals surface area contributed by atoms with Gasteiger partial charge in [-0.25, -0.2) is 0 Å². The molecule has 0 radical (unpaired) electrons. The van der Waals surface area contributed by atoms with Gasteiger partial charge in [0.2, 0.25) is 0 Å². The summed E-state index contributed by atoms with van der Waals surface area (Å²) in [5.41, 5.74) is 8.78. The molecule has 0 atom stereocenters. The molecule has 1 aromatic rings. The van der Waals surface area contributed by atoms with E-state index in [1.807, 2.05) is 0 Å². The maximum atomic E-state index is 5.49. The zero-order valence-electron chi connectivity index (χ0n) is 13.0. The van der Waals surface area contributed by atoms with E-state index in [2.05, 4.69) is 48.3 Å². The summed E-state index contributed by atoms with van der Waals surface area (Å²) in [5, 5.41) is 3.46. The van der Waals surface area contributed by atoms with Crippen molar-refractivity contribution >= 4 is 0 Å². The van der Waals surface area contributed by atoms with Crippen molar-refractivity contribution in [2.45, 2.75) is 38.6 Å². The van der Waals surface area contributed by atoms with E-state index in [1.54, 1.807) is 0 Å². The van der Waals surface area contributed by atoms with Crippen LogP contribution in [0.15, 0.2) is 24.3 Å². The van der Waals surface area contributed by atoms with Gasteiger partial charge in [0.25, 0.3) is 0 Å². The van der Waals surface area contributed by atoms with E-state index >= 15 is 0 Å². The van der Waals surface area contributed by atoms with Gasteiger partial charge >= 0.3 is 0 Å². The Kier molecular flexibility index (Phi) is 5.58. The number of hydrogen-bond donors (Lipinski definition) is 2. The van der Waals surface area contributed by atoms with Gasteiger partial charge < -0.3 is 11.1 Å². The summed E-state index contributed by atoms with van der Waals surface area (Å²) in [4.78, 5) is 2.59. The van der Waals surface area contributed by atoms with E-state index < -0.39 is 0 Å². The molecule has 3 N–H and O–H groups in total. The van der Waals surface area contributed by atoms with Crippen LogP contribution in [0.5, 0.6) is 0 Å². The van der Waals surface area contributed by atoms with Crippen molar-refractivity contribution < 1.29 is 0 Å². The van der Waals surface area contributed by atoms with Crippen LogP contribution >= 0.6 is 0 Å². The number of nitrogens with one attached hydrogen (secondary N) is 1. The lowest BCUT2D eigenvalue weighted by Crippen LogP contribution is -2.42. The second kappa shape index (κ2) is 7.21. The third-order valence-electron chi connectivity index (χ3n) is 4.14. The Labute approximate surface area is 123 Å². The first kappa shape index (κ1) is 15.5. The molecule has 112 valence electrons. The van der Waals surface area contributed by atoms with Crippen molar-refractivity contribution in [3.8, 4) is 0 Å². The van der Waals surface area contributed by atoms with E-state index in [1.165, 1.54) is 24.1 Å². The molecule has 1 aliphatic rings. The topological polar surface area (TPSA) is 41.3 Å². The minimum Gasteiger partial charge on any atom is -0.330 e. The predicted octanol–water partition coefficient (Wildman–Crippen LogP) is 2.11. The fourth-order valence-electron chi connectivity index (χ4n) is 3.20. The van der Waals surface area contributed by atoms with Crippen LogP contribution in [0.2, 0.25) is 0 Å². The Morgan fingerprint density at radius 3 is 2.75 bits per heavy atom. The van der Waals surface area contributed by atoms with E-state index in [0.29, 0.717) is 0 Å². The molecule has 3 heteroatoms. The van der Waals surface area contributed by atoms with E-state index in [-0.39, 0.29) is 5.41 Å². The molecule has 0 aliphatic carbocycles. The Hall–Kier alpha value is -0.900. The molecule has 0 bridgehead atoms. The first-order chi connectivity index (χ1) is 9.63. The third kappa shape index (κ3) is 4.05. The summed E-state index contributed by atoms with van der Waals surface area (Å²) in [6.07, 6.45) is 2.28. The molecule has 0 aromatic heterocycles. The van der Waals surface area contributed by atoms with E-state index in [0.717, 1.165) is 39.1 Å². The summed E-state index contributed by atoms with van der Waals surface area (Å²) in [5.74, 6) is 0. The molecule has 0 unspecified atom stereocenters. The van der Waals surface area contributed by atoms with E-state index in [4.69, 9.17) is 5.73 Å². The van der Waals surface area contributed by atoms with Gasteiger partial charge in [-0.3, -0.25) is 4.90 Å². The minimum absolute atomic E-state index is 0.266. The minimum atomic E-state index is 0.266. The fraction of sp³-hybridized carbons (Fsp3) is 0.647. The van der Waals surface area contributed by atoms with Crippen LogP contribution in [0.3, 0.4) is 0 Å². The summed E-state index contributed by atoms with van der Waals surface area (Å²) in [6, 6.07) is 8.90. The summed E-state index contributed by atoms with van der Waals surface area (Å²) in [7, 11) is 0. The Bertz CT molecular complexity index is 414. The average molecular weight is 275 g/mol. The van der Waals surface area contributed by atoms with Crippen LogP contribution < -0.4 is 11.1 Å². The third-order valence-corrected chi connectivity index (χ3v) is 4.14. The number of hydrogen-bond acceptors (Lipinski definition) is 3. The highest BCUT2D eigenvalue weighted by Crippen LogP contribution is 2.32. The molecule has 0 saturated heterocycles. The standard InChI is InChI=1S/C17H29N3/c1-17(2)14-20(12-6-11-19-10-5-9-18)13-15-7-3-4-8-16(15)17/h3-4,7-8,19H,5-6,9-14,18H2,1-2H3. The number of nitrogens with zero attached hydrogens (tertiary/aromatic N) is 1. The van der Waals surface area contributed by atoms with Gasteiger partial charge in [0, 0.05) is 18.5 Å². The number of nitrogens with two attached hydrogens (primary N) is 1. The van der Waals surface area contributed by atoms with Gasteiger partial charge in [-0.15, -0.1) is 0 Å². The molecule has 0 saturated carbocycles. The number of benzene rings is 1. The Morgan fingerprint density at radius 2 is 1.95 bits per heavy atom. The number of fused-ring (bicyclic) bond motifs is 1. The normalized spacial score (nSPS) is 17.9. The molecule has 0 fully saturated rings. The Balaban J connectivity index is 1.81. The lowest BCUT2D eigenvalue weighted by molar-refractivity contribution is 0.192. The molecule has 2 rings (SSSR count). The van der Waals surface area contributed by atoms with Gasteiger partial charge in [-0.2, -0.15) is 0 Å². The van der Waals surface area contributed by atoms with Crippen molar-refractivity contribution in [3.05, 3.63) is 35.4 Å². The molecule has 3 nitrogen and oxygen atoms in total. The summed E-state index contributed by atoms with van der Waals surface area (Å²) in [6.45, 7) is 11.1. The molecule has 1 aliphatic heterocycles. The highest BCUT2D eigenvalue weighted by atomic mass is 15.1. The van der Waals surface area contributed by atoms with Crippen molar-refractivity contribution in [2.75, 3.05) is 32.7 Å². The van der Waals surface area contributed by atoms with Crippen molar-refractivity contribution in [2.24, 2.45) is 5.73 Å². The van der Waals surface area contributed by atoms with Gasteiger partial charge in [-0.05, 0) is 50.1 Å². The highest BCUT2D eigenvalue weighted by Gasteiger charge is 2.30. The molecule has 1 heterocycles. The van der Waals surface area contributed by atoms with Crippen LogP contribution in [-0.4, -0.2) is 37.6 Å². The maximum Gasteiger partial charge on any atom is 0.0237 e. The van der Waals surface area contributed by atoms with Crippen molar-refractivity contribution in [3.63, 3.8) is 0 Å². The first-order valence-electron chi connectivity index (χ1n) is 7.85. The highest BCUT2D eigenvalue weighted by molar-refractivity contribution is 5.35. The van der Waals surface area contributed by atoms with Crippen molar-refractivity contribution in [1.29, 1.82) is 0 Å². The van der Waals surface area contributed by atoms with Crippen LogP contribution in [-0.2, 0) is 12.0 Å². The zero-order chi connectivity index (χ0) is 14.4.